The smallest absolute Gasteiger partial charge is 0.187 e. The van der Waals surface area contributed by atoms with Gasteiger partial charge in [0.15, 0.2) is 23.2 Å². The highest BCUT2D eigenvalue weighted by Crippen LogP contribution is 2.45. The van der Waals surface area contributed by atoms with E-state index in [4.69, 9.17) is 21.5 Å². The van der Waals surface area contributed by atoms with Crippen LogP contribution in [0, 0.1) is 31.8 Å². The molecule has 0 saturated carbocycles. The molecule has 11 rings (SSSR count). The molecule has 0 spiro atoms. The molecule has 0 aliphatic rings. The predicted octanol–water partition coefficient (Wildman–Crippen LogP) is 15.7. The first-order valence-electron chi connectivity index (χ1n) is 22.2. The van der Waals surface area contributed by atoms with Gasteiger partial charge in [0, 0.05) is 38.6 Å². The van der Waals surface area contributed by atoms with Crippen molar-refractivity contribution >= 4 is 27.5 Å². The normalized spacial score (nSPS) is 11.1. The first-order chi connectivity index (χ1) is 32.9. The van der Waals surface area contributed by atoms with Crippen LogP contribution in [0.4, 0.5) is 5.69 Å². The Bertz CT molecular complexity index is 3520. The van der Waals surface area contributed by atoms with E-state index in [0.717, 1.165) is 88.7 Å². The molecule has 2 heterocycles. The topological polar surface area (TPSA) is 71.8 Å². The fraction of sp³-hybridized carbons (Fsp3) is 0.0328. The molecule has 0 bridgehead atoms. The van der Waals surface area contributed by atoms with E-state index in [1.807, 2.05) is 109 Å². The van der Waals surface area contributed by atoms with E-state index < -0.39 is 0 Å². The minimum absolute atomic E-state index is 0.515. The highest BCUT2D eigenvalue weighted by Gasteiger charge is 2.24. The van der Waals surface area contributed by atoms with Crippen molar-refractivity contribution in [1.82, 2.24) is 19.5 Å². The Morgan fingerprint density at radius 3 is 1.28 bits per heavy atom. The van der Waals surface area contributed by atoms with Crippen LogP contribution in [-0.4, -0.2) is 19.5 Å². The SMILES string of the molecule is [C-]#[N+]c1ccc(-c2cc(-c3nc(-c4ccccc4)nc(-c4ccccc4)n3)cc(-c3ccc(C#N)cc3)c2-n2c3ccc(-c4cccc(C)c4)cc3c3cc(-c4cccc(C)c4)ccc32)cc1. The Morgan fingerprint density at radius 1 is 0.418 bits per heavy atom. The van der Waals surface area contributed by atoms with Crippen LogP contribution >= 0.6 is 0 Å². The zero-order valence-electron chi connectivity index (χ0n) is 36.8. The van der Waals surface area contributed by atoms with Crippen molar-refractivity contribution in [2.75, 3.05) is 0 Å². The molecule has 0 radical (unpaired) electrons. The number of benzene rings is 9. The van der Waals surface area contributed by atoms with Crippen LogP contribution in [0.5, 0.6) is 0 Å². The molecule has 67 heavy (non-hydrogen) atoms. The van der Waals surface area contributed by atoms with Crippen LogP contribution in [0.15, 0.2) is 206 Å². The quantitative estimate of drug-likeness (QED) is 0.143. The van der Waals surface area contributed by atoms with Crippen LogP contribution < -0.4 is 0 Å². The van der Waals surface area contributed by atoms with Crippen LogP contribution in [0.1, 0.15) is 16.7 Å². The fourth-order valence-electron chi connectivity index (χ4n) is 9.09. The van der Waals surface area contributed by atoms with Gasteiger partial charge in [-0.05, 0) is 95.8 Å². The standard InChI is InChI=1S/C61H40N6/c1-39-12-10-18-46(32-39)48-26-30-56-54(34-48)55-35-49(47-19-11-13-40(2)33-47)27-31-57(55)67(56)58-52(42-22-20-41(38-62)21-23-42)36-50(37-53(58)43-24-28-51(63-3)29-25-43)61-65-59(44-14-6-4-7-15-44)64-60(66-61)45-16-8-5-9-17-45/h4-37H,1-2H3. The Morgan fingerprint density at radius 2 is 0.836 bits per heavy atom. The molecule has 2 aromatic heterocycles. The van der Waals surface area contributed by atoms with E-state index in [-0.39, 0.29) is 0 Å². The summed E-state index contributed by atoms with van der Waals surface area (Å²) in [7, 11) is 0. The average molecular weight is 857 g/mol. The third kappa shape index (κ3) is 7.69. The van der Waals surface area contributed by atoms with Crippen LogP contribution in [0.3, 0.4) is 0 Å². The Hall–Kier alpha value is -9.23. The molecule has 0 saturated heterocycles. The van der Waals surface area contributed by atoms with Crippen molar-refractivity contribution in [2.24, 2.45) is 0 Å². The lowest BCUT2D eigenvalue weighted by Crippen LogP contribution is -2.04. The van der Waals surface area contributed by atoms with Gasteiger partial charge in [0.1, 0.15) is 0 Å². The first-order valence-corrected chi connectivity index (χ1v) is 22.2. The summed E-state index contributed by atoms with van der Waals surface area (Å²) in [6.45, 7) is 12.1. The molecule has 0 unspecified atom stereocenters. The maximum atomic E-state index is 9.95. The highest BCUT2D eigenvalue weighted by molar-refractivity contribution is 6.13. The summed E-state index contributed by atoms with van der Waals surface area (Å²) in [6.07, 6.45) is 0. The molecular formula is C61H40N6. The maximum Gasteiger partial charge on any atom is 0.187 e. The van der Waals surface area contributed by atoms with Crippen molar-refractivity contribution in [1.29, 1.82) is 5.26 Å². The van der Waals surface area contributed by atoms with Gasteiger partial charge in [-0.1, -0.05) is 169 Å². The summed E-state index contributed by atoms with van der Waals surface area (Å²) in [5.74, 6) is 1.64. The predicted molar refractivity (Wildman–Crippen MR) is 273 cm³/mol. The number of hydrogen-bond acceptors (Lipinski definition) is 4. The van der Waals surface area contributed by atoms with E-state index in [1.165, 1.54) is 11.1 Å². The van der Waals surface area contributed by atoms with Gasteiger partial charge in [-0.25, -0.2) is 19.8 Å². The lowest BCUT2D eigenvalue weighted by Gasteiger charge is -2.21. The number of hydrogen-bond donors (Lipinski definition) is 0. The molecule has 0 amide bonds. The van der Waals surface area contributed by atoms with Gasteiger partial charge in [-0.2, -0.15) is 5.26 Å². The summed E-state index contributed by atoms with van der Waals surface area (Å²) in [5.41, 5.74) is 17.3. The van der Waals surface area contributed by atoms with Crippen molar-refractivity contribution in [2.45, 2.75) is 13.8 Å². The molecule has 314 valence electrons. The van der Waals surface area contributed by atoms with E-state index in [1.54, 1.807) is 0 Å². The summed E-state index contributed by atoms with van der Waals surface area (Å²) in [4.78, 5) is 19.1. The average Bonchev–Trinajstić information content (AvgIpc) is 3.71. The fourth-order valence-corrected chi connectivity index (χ4v) is 9.09. The van der Waals surface area contributed by atoms with Gasteiger partial charge in [0.05, 0.1) is 34.9 Å². The maximum absolute atomic E-state index is 9.95. The molecule has 0 aliphatic heterocycles. The van der Waals surface area contributed by atoms with Crippen molar-refractivity contribution in [3.8, 4) is 90.4 Å². The molecule has 0 atom stereocenters. The van der Waals surface area contributed by atoms with Crippen molar-refractivity contribution in [3.05, 3.63) is 234 Å². The largest absolute Gasteiger partial charge is 0.308 e. The number of nitriles is 1. The van der Waals surface area contributed by atoms with Crippen LogP contribution in [0.2, 0.25) is 0 Å². The molecule has 11 aromatic rings. The minimum atomic E-state index is 0.515. The van der Waals surface area contributed by atoms with Gasteiger partial charge in [0.25, 0.3) is 0 Å². The Balaban J connectivity index is 1.26. The highest BCUT2D eigenvalue weighted by atomic mass is 15.0. The molecule has 0 fully saturated rings. The second-order valence-electron chi connectivity index (χ2n) is 16.8. The van der Waals surface area contributed by atoms with E-state index in [9.17, 15) is 5.26 Å². The Kier molecular flexibility index (Phi) is 10.3. The van der Waals surface area contributed by atoms with Gasteiger partial charge < -0.3 is 4.57 Å². The van der Waals surface area contributed by atoms with Crippen molar-refractivity contribution < 1.29 is 0 Å². The van der Waals surface area contributed by atoms with Crippen molar-refractivity contribution in [3.63, 3.8) is 0 Å². The summed E-state index contributed by atoms with van der Waals surface area (Å²) in [5, 5.41) is 12.2. The van der Waals surface area contributed by atoms with Crippen LogP contribution in [0.25, 0.3) is 111 Å². The van der Waals surface area contributed by atoms with Gasteiger partial charge in [-0.15, -0.1) is 0 Å². The lowest BCUT2D eigenvalue weighted by atomic mass is 9.92. The number of nitrogens with zero attached hydrogens (tertiary/aromatic N) is 6. The third-order valence-electron chi connectivity index (χ3n) is 12.4. The number of fused-ring (bicyclic) bond motifs is 3. The van der Waals surface area contributed by atoms with Crippen LogP contribution in [-0.2, 0) is 0 Å². The summed E-state index contributed by atoms with van der Waals surface area (Å²) in [6, 6.07) is 73.1. The van der Waals surface area contributed by atoms with Gasteiger partial charge in [-0.3, -0.25) is 0 Å². The molecule has 0 N–H and O–H groups in total. The molecule has 6 nitrogen and oxygen atoms in total. The molecule has 0 aliphatic carbocycles. The summed E-state index contributed by atoms with van der Waals surface area (Å²) < 4.78 is 2.39. The van der Waals surface area contributed by atoms with Gasteiger partial charge in [0.2, 0.25) is 0 Å². The lowest BCUT2D eigenvalue weighted by molar-refractivity contribution is 1.07. The third-order valence-corrected chi connectivity index (χ3v) is 12.4. The zero-order chi connectivity index (χ0) is 45.4. The molecular weight excluding hydrogens is 817 g/mol. The second kappa shape index (κ2) is 17.0. The van der Waals surface area contributed by atoms with E-state index >= 15 is 0 Å². The summed E-state index contributed by atoms with van der Waals surface area (Å²) >= 11 is 0. The minimum Gasteiger partial charge on any atom is -0.308 e. The number of rotatable bonds is 8. The van der Waals surface area contributed by atoms with E-state index in [2.05, 4.69) is 126 Å². The number of aryl methyl sites for hydroxylation is 2. The Labute approximate surface area is 389 Å². The first kappa shape index (κ1) is 40.5. The number of aromatic nitrogens is 4. The second-order valence-corrected chi connectivity index (χ2v) is 16.8. The van der Waals surface area contributed by atoms with Gasteiger partial charge >= 0.3 is 0 Å². The monoisotopic (exact) mass is 856 g/mol. The molecule has 6 heteroatoms. The van der Waals surface area contributed by atoms with E-state index in [0.29, 0.717) is 28.7 Å². The zero-order valence-corrected chi connectivity index (χ0v) is 36.8. The molecule has 9 aromatic carbocycles.